The standard InChI is InChI=1S/C51H30N4O2/c1-3-14-31(15-4-1)49-52-50(32-16-5-2-6-17-32)54-51(53-49)33-26-27-38-40-28-34(35-21-13-25-45-47(35)39-20-9-12-24-44(39)56-45)29-43(48(40)57-46(38)30-33)55-41-22-10-7-18-36(41)37-19-8-11-23-42(37)55/h1-30H. The lowest BCUT2D eigenvalue weighted by atomic mass is 9.97. The highest BCUT2D eigenvalue weighted by molar-refractivity contribution is 6.17. The molecule has 0 aliphatic heterocycles. The van der Waals surface area contributed by atoms with Crippen molar-refractivity contribution in [1.29, 1.82) is 0 Å². The zero-order valence-electron chi connectivity index (χ0n) is 30.4. The highest BCUT2D eigenvalue weighted by atomic mass is 16.3. The molecule has 0 amide bonds. The molecule has 0 aliphatic rings. The maximum Gasteiger partial charge on any atom is 0.164 e. The lowest BCUT2D eigenvalue weighted by Gasteiger charge is -2.12. The van der Waals surface area contributed by atoms with Crippen molar-refractivity contribution in [2.45, 2.75) is 0 Å². The van der Waals surface area contributed by atoms with Gasteiger partial charge in [0.25, 0.3) is 0 Å². The molecule has 0 N–H and O–H groups in total. The molecule has 4 aromatic heterocycles. The van der Waals surface area contributed by atoms with E-state index < -0.39 is 0 Å². The topological polar surface area (TPSA) is 69.9 Å². The van der Waals surface area contributed by atoms with Crippen LogP contribution in [-0.2, 0) is 0 Å². The van der Waals surface area contributed by atoms with E-state index in [4.69, 9.17) is 23.8 Å². The Bertz CT molecular complexity index is 3410. The minimum atomic E-state index is 0.576. The molecular formula is C51H30N4O2. The molecule has 12 rings (SSSR count). The Kier molecular flexibility index (Phi) is 6.83. The number of hydrogen-bond acceptors (Lipinski definition) is 5. The second-order valence-electron chi connectivity index (χ2n) is 14.4. The van der Waals surface area contributed by atoms with Gasteiger partial charge in [-0.1, -0.05) is 133 Å². The molecule has 57 heavy (non-hydrogen) atoms. The van der Waals surface area contributed by atoms with E-state index in [9.17, 15) is 0 Å². The third-order valence-electron chi connectivity index (χ3n) is 11.0. The molecule has 4 heterocycles. The predicted molar refractivity (Wildman–Crippen MR) is 230 cm³/mol. The fourth-order valence-electron chi connectivity index (χ4n) is 8.46. The maximum atomic E-state index is 7.02. The summed E-state index contributed by atoms with van der Waals surface area (Å²) in [6.45, 7) is 0. The molecule has 6 heteroatoms. The van der Waals surface area contributed by atoms with Crippen molar-refractivity contribution in [2.24, 2.45) is 0 Å². The smallest absolute Gasteiger partial charge is 0.164 e. The van der Waals surface area contributed by atoms with Gasteiger partial charge in [-0.15, -0.1) is 0 Å². The van der Waals surface area contributed by atoms with Crippen molar-refractivity contribution in [3.8, 4) is 51.0 Å². The minimum Gasteiger partial charge on any atom is -0.456 e. The van der Waals surface area contributed by atoms with Gasteiger partial charge in [0.1, 0.15) is 16.7 Å². The molecule has 6 nitrogen and oxygen atoms in total. The molecule has 0 fully saturated rings. The molecule has 0 saturated carbocycles. The van der Waals surface area contributed by atoms with E-state index in [1.165, 1.54) is 10.8 Å². The van der Waals surface area contributed by atoms with E-state index in [2.05, 4.69) is 108 Å². The zero-order valence-corrected chi connectivity index (χ0v) is 30.4. The van der Waals surface area contributed by atoms with Gasteiger partial charge in [-0.05, 0) is 59.7 Å². The van der Waals surface area contributed by atoms with Crippen LogP contribution in [0.15, 0.2) is 191 Å². The van der Waals surface area contributed by atoms with Gasteiger partial charge in [0.2, 0.25) is 0 Å². The van der Waals surface area contributed by atoms with Gasteiger partial charge in [0, 0.05) is 49.0 Å². The molecule has 266 valence electrons. The normalized spacial score (nSPS) is 11.9. The predicted octanol–water partition coefficient (Wildman–Crippen LogP) is 13.4. The van der Waals surface area contributed by atoms with E-state index in [1.54, 1.807) is 0 Å². The number of rotatable bonds is 5. The Morgan fingerprint density at radius 1 is 0.351 bits per heavy atom. The highest BCUT2D eigenvalue weighted by Crippen LogP contribution is 2.44. The van der Waals surface area contributed by atoms with Crippen molar-refractivity contribution in [1.82, 2.24) is 19.5 Å². The van der Waals surface area contributed by atoms with Crippen LogP contribution in [0.5, 0.6) is 0 Å². The van der Waals surface area contributed by atoms with Crippen molar-refractivity contribution in [3.63, 3.8) is 0 Å². The number of aromatic nitrogens is 4. The van der Waals surface area contributed by atoms with Gasteiger partial charge in [0.15, 0.2) is 23.1 Å². The molecule has 0 radical (unpaired) electrons. The number of nitrogens with zero attached hydrogens (tertiary/aromatic N) is 4. The summed E-state index contributed by atoms with van der Waals surface area (Å²) in [6, 6.07) is 62.7. The van der Waals surface area contributed by atoms with Crippen LogP contribution in [0.1, 0.15) is 0 Å². The van der Waals surface area contributed by atoms with Gasteiger partial charge in [-0.3, -0.25) is 0 Å². The maximum absolute atomic E-state index is 7.02. The fraction of sp³-hybridized carbons (Fsp3) is 0. The average Bonchev–Trinajstić information content (AvgIpc) is 3.96. The van der Waals surface area contributed by atoms with E-state index >= 15 is 0 Å². The molecule has 12 aromatic rings. The first-order chi connectivity index (χ1) is 28.2. The van der Waals surface area contributed by atoms with Crippen LogP contribution in [0.2, 0.25) is 0 Å². The van der Waals surface area contributed by atoms with Gasteiger partial charge in [-0.25, -0.2) is 15.0 Å². The van der Waals surface area contributed by atoms with Gasteiger partial charge < -0.3 is 13.4 Å². The third-order valence-corrected chi connectivity index (χ3v) is 11.0. The van der Waals surface area contributed by atoms with Gasteiger partial charge >= 0.3 is 0 Å². The summed E-state index contributed by atoms with van der Waals surface area (Å²) in [5, 5.41) is 6.57. The summed E-state index contributed by atoms with van der Waals surface area (Å²) in [4.78, 5) is 14.9. The van der Waals surface area contributed by atoms with Crippen molar-refractivity contribution >= 4 is 65.7 Å². The lowest BCUT2D eigenvalue weighted by molar-refractivity contribution is 0.666. The van der Waals surface area contributed by atoms with Crippen LogP contribution in [-0.4, -0.2) is 19.5 Å². The molecule has 0 spiro atoms. The summed E-state index contributed by atoms with van der Waals surface area (Å²) in [5.74, 6) is 1.80. The first kappa shape index (κ1) is 31.5. The molecule has 0 bridgehead atoms. The van der Waals surface area contributed by atoms with Gasteiger partial charge in [0.05, 0.1) is 16.7 Å². The quantitative estimate of drug-likeness (QED) is 0.176. The summed E-state index contributed by atoms with van der Waals surface area (Å²) in [6.07, 6.45) is 0. The zero-order chi connectivity index (χ0) is 37.5. The Morgan fingerprint density at radius 3 is 1.61 bits per heavy atom. The molecular weight excluding hydrogens is 701 g/mol. The first-order valence-corrected chi connectivity index (χ1v) is 19.0. The number of para-hydroxylation sites is 3. The third kappa shape index (κ3) is 4.94. The summed E-state index contributed by atoms with van der Waals surface area (Å²) in [7, 11) is 0. The second-order valence-corrected chi connectivity index (χ2v) is 14.4. The van der Waals surface area contributed by atoms with Crippen LogP contribution in [0, 0.1) is 0 Å². The Labute approximate surface area is 325 Å². The summed E-state index contributed by atoms with van der Waals surface area (Å²) in [5.41, 5.74) is 11.3. The molecule has 8 aromatic carbocycles. The summed E-state index contributed by atoms with van der Waals surface area (Å²) < 4.78 is 15.7. The van der Waals surface area contributed by atoms with Crippen molar-refractivity contribution in [3.05, 3.63) is 182 Å². The highest BCUT2D eigenvalue weighted by Gasteiger charge is 2.22. The van der Waals surface area contributed by atoms with Crippen LogP contribution < -0.4 is 0 Å². The lowest BCUT2D eigenvalue weighted by Crippen LogP contribution is -2.00. The second kappa shape index (κ2) is 12.3. The minimum absolute atomic E-state index is 0.576. The number of benzene rings is 8. The van der Waals surface area contributed by atoms with Gasteiger partial charge in [-0.2, -0.15) is 0 Å². The first-order valence-electron chi connectivity index (χ1n) is 19.0. The molecule has 0 saturated heterocycles. The van der Waals surface area contributed by atoms with E-state index in [0.717, 1.165) is 88.4 Å². The van der Waals surface area contributed by atoms with Crippen molar-refractivity contribution in [2.75, 3.05) is 0 Å². The van der Waals surface area contributed by atoms with Crippen LogP contribution in [0.4, 0.5) is 0 Å². The average molecular weight is 731 g/mol. The molecule has 0 unspecified atom stereocenters. The monoisotopic (exact) mass is 730 g/mol. The summed E-state index contributed by atoms with van der Waals surface area (Å²) >= 11 is 0. The Balaban J connectivity index is 1.13. The van der Waals surface area contributed by atoms with Crippen molar-refractivity contribution < 1.29 is 8.83 Å². The van der Waals surface area contributed by atoms with Crippen LogP contribution in [0.25, 0.3) is 117 Å². The SMILES string of the molecule is c1ccc(-c2nc(-c3ccccc3)nc(-c3ccc4c(c3)oc3c(-n5c6ccccc6c6ccccc65)cc(-c5cccc6oc7ccccc7c56)cc34)n2)cc1. The van der Waals surface area contributed by atoms with E-state index in [1.807, 2.05) is 78.9 Å². The molecule has 0 aliphatic carbocycles. The van der Waals surface area contributed by atoms with Crippen LogP contribution >= 0.6 is 0 Å². The fourth-order valence-corrected chi connectivity index (χ4v) is 8.46. The van der Waals surface area contributed by atoms with Crippen LogP contribution in [0.3, 0.4) is 0 Å². The number of hydrogen-bond donors (Lipinski definition) is 0. The largest absolute Gasteiger partial charge is 0.456 e. The van der Waals surface area contributed by atoms with E-state index in [-0.39, 0.29) is 0 Å². The molecule has 0 atom stereocenters. The Hall–Kier alpha value is -7.83. The Morgan fingerprint density at radius 2 is 0.930 bits per heavy atom. The number of fused-ring (bicyclic) bond motifs is 9. The van der Waals surface area contributed by atoms with E-state index in [0.29, 0.717) is 17.5 Å². The number of furan rings is 2.